The fraction of sp³-hybridized carbons (Fsp3) is 0.400. The first-order valence-corrected chi connectivity index (χ1v) is 6.51. The van der Waals surface area contributed by atoms with Crippen molar-refractivity contribution in [3.8, 4) is 6.07 Å². The highest BCUT2D eigenvalue weighted by molar-refractivity contribution is 6.10. The summed E-state index contributed by atoms with van der Waals surface area (Å²) in [6.07, 6.45) is 3.62. The summed E-state index contributed by atoms with van der Waals surface area (Å²) >= 11 is 0. The number of rotatable bonds is 4. The van der Waals surface area contributed by atoms with E-state index in [-0.39, 0.29) is 11.7 Å². The number of amides is 1. The average molecular weight is 256 g/mol. The van der Waals surface area contributed by atoms with E-state index in [0.717, 1.165) is 25.7 Å². The van der Waals surface area contributed by atoms with Crippen molar-refractivity contribution >= 4 is 17.4 Å². The Morgan fingerprint density at radius 1 is 1.21 bits per heavy atom. The van der Waals surface area contributed by atoms with Crippen LogP contribution in [-0.2, 0) is 9.59 Å². The van der Waals surface area contributed by atoms with Gasteiger partial charge in [0.05, 0.1) is 6.07 Å². The summed E-state index contributed by atoms with van der Waals surface area (Å²) < 4.78 is 0. The summed E-state index contributed by atoms with van der Waals surface area (Å²) in [5.41, 5.74) is 0.604. The SMILES string of the molecule is N#CC(C(=O)Nc1ccccc1)C(=O)C1CCCC1. The van der Waals surface area contributed by atoms with Crippen LogP contribution in [0.1, 0.15) is 25.7 Å². The molecule has 1 fully saturated rings. The van der Waals surface area contributed by atoms with E-state index in [1.54, 1.807) is 24.3 Å². The summed E-state index contributed by atoms with van der Waals surface area (Å²) in [7, 11) is 0. The van der Waals surface area contributed by atoms with Crippen LogP contribution >= 0.6 is 0 Å². The molecule has 1 N–H and O–H groups in total. The zero-order valence-electron chi connectivity index (χ0n) is 10.6. The van der Waals surface area contributed by atoms with Crippen molar-refractivity contribution < 1.29 is 9.59 Å². The van der Waals surface area contributed by atoms with Gasteiger partial charge in [-0.25, -0.2) is 0 Å². The highest BCUT2D eigenvalue weighted by Gasteiger charge is 2.33. The Labute approximate surface area is 112 Å². The van der Waals surface area contributed by atoms with Gasteiger partial charge in [-0.15, -0.1) is 0 Å². The lowest BCUT2D eigenvalue weighted by Gasteiger charge is -2.13. The van der Waals surface area contributed by atoms with Gasteiger partial charge in [-0.1, -0.05) is 31.0 Å². The third-order valence-electron chi connectivity index (χ3n) is 3.47. The zero-order chi connectivity index (χ0) is 13.7. The molecule has 1 aromatic carbocycles. The van der Waals surface area contributed by atoms with Crippen molar-refractivity contribution in [2.75, 3.05) is 5.32 Å². The number of hydrogen-bond donors (Lipinski definition) is 1. The number of para-hydroxylation sites is 1. The van der Waals surface area contributed by atoms with E-state index in [2.05, 4.69) is 5.32 Å². The molecular formula is C15H16N2O2. The van der Waals surface area contributed by atoms with Gasteiger partial charge in [-0.05, 0) is 25.0 Å². The fourth-order valence-corrected chi connectivity index (χ4v) is 2.43. The Kier molecular flexibility index (Phi) is 4.30. The molecule has 4 heteroatoms. The maximum absolute atomic E-state index is 12.1. The average Bonchev–Trinajstić information content (AvgIpc) is 2.94. The second-order valence-corrected chi connectivity index (χ2v) is 4.80. The molecule has 0 aromatic heterocycles. The molecule has 0 radical (unpaired) electrons. The smallest absolute Gasteiger partial charge is 0.249 e. The number of nitriles is 1. The maximum Gasteiger partial charge on any atom is 0.249 e. The molecule has 1 aliphatic rings. The Bertz CT molecular complexity index is 499. The first kappa shape index (κ1) is 13.3. The van der Waals surface area contributed by atoms with Crippen LogP contribution in [0.15, 0.2) is 30.3 Å². The highest BCUT2D eigenvalue weighted by Crippen LogP contribution is 2.28. The van der Waals surface area contributed by atoms with Gasteiger partial charge in [0.2, 0.25) is 5.91 Å². The molecule has 0 aliphatic heterocycles. The quantitative estimate of drug-likeness (QED) is 0.841. The van der Waals surface area contributed by atoms with Gasteiger partial charge in [-0.3, -0.25) is 9.59 Å². The van der Waals surface area contributed by atoms with Gasteiger partial charge in [0.15, 0.2) is 11.7 Å². The monoisotopic (exact) mass is 256 g/mol. The van der Waals surface area contributed by atoms with Crippen molar-refractivity contribution in [1.82, 2.24) is 0 Å². The molecular weight excluding hydrogens is 240 g/mol. The van der Waals surface area contributed by atoms with Gasteiger partial charge in [0.1, 0.15) is 0 Å². The van der Waals surface area contributed by atoms with Crippen LogP contribution in [-0.4, -0.2) is 11.7 Å². The standard InChI is InChI=1S/C15H16N2O2/c16-10-13(14(18)11-6-4-5-7-11)15(19)17-12-8-2-1-3-9-12/h1-3,8-9,11,13H,4-7H2,(H,17,19). The van der Waals surface area contributed by atoms with Crippen molar-refractivity contribution in [2.24, 2.45) is 11.8 Å². The first-order valence-electron chi connectivity index (χ1n) is 6.51. The molecule has 1 unspecified atom stereocenters. The van der Waals surface area contributed by atoms with Gasteiger partial charge in [-0.2, -0.15) is 5.26 Å². The van der Waals surface area contributed by atoms with Crippen LogP contribution in [0.3, 0.4) is 0 Å². The van der Waals surface area contributed by atoms with E-state index >= 15 is 0 Å². The van der Waals surface area contributed by atoms with Gasteiger partial charge < -0.3 is 5.32 Å². The zero-order valence-corrected chi connectivity index (χ0v) is 10.6. The van der Waals surface area contributed by atoms with Gasteiger partial charge >= 0.3 is 0 Å². The van der Waals surface area contributed by atoms with E-state index in [1.807, 2.05) is 12.1 Å². The van der Waals surface area contributed by atoms with Crippen LogP contribution in [0.25, 0.3) is 0 Å². The second kappa shape index (κ2) is 6.14. The van der Waals surface area contributed by atoms with Crippen molar-refractivity contribution in [2.45, 2.75) is 25.7 Å². The minimum absolute atomic E-state index is 0.119. The van der Waals surface area contributed by atoms with Crippen molar-refractivity contribution in [3.05, 3.63) is 30.3 Å². The first-order chi connectivity index (χ1) is 9.22. The summed E-state index contributed by atoms with van der Waals surface area (Å²) in [6, 6.07) is 10.7. The summed E-state index contributed by atoms with van der Waals surface area (Å²) in [6.45, 7) is 0. The number of nitrogens with zero attached hydrogens (tertiary/aromatic N) is 1. The maximum atomic E-state index is 12.1. The third-order valence-corrected chi connectivity index (χ3v) is 3.47. The number of benzene rings is 1. The molecule has 98 valence electrons. The van der Waals surface area contributed by atoms with E-state index in [0.29, 0.717) is 5.69 Å². The topological polar surface area (TPSA) is 70.0 Å². The van der Waals surface area contributed by atoms with Crippen LogP contribution in [0.4, 0.5) is 5.69 Å². The Balaban J connectivity index is 2.03. The van der Waals surface area contributed by atoms with Gasteiger partial charge in [0.25, 0.3) is 0 Å². The van der Waals surface area contributed by atoms with E-state index in [4.69, 9.17) is 5.26 Å². The van der Waals surface area contributed by atoms with Crippen molar-refractivity contribution in [3.63, 3.8) is 0 Å². The molecule has 1 atom stereocenters. The minimum Gasteiger partial charge on any atom is -0.325 e. The molecule has 0 bridgehead atoms. The molecule has 19 heavy (non-hydrogen) atoms. The minimum atomic E-state index is -1.19. The summed E-state index contributed by atoms with van der Waals surface area (Å²) in [5, 5.41) is 11.7. The number of Topliss-reactive ketones (excluding diaryl/α,β-unsaturated/α-hetero) is 1. The van der Waals surface area contributed by atoms with Crippen LogP contribution in [0.5, 0.6) is 0 Å². The molecule has 1 aromatic rings. The molecule has 1 amide bonds. The molecule has 0 saturated heterocycles. The predicted octanol–water partition coefficient (Wildman–Crippen LogP) is 2.52. The lowest BCUT2D eigenvalue weighted by Crippen LogP contribution is -2.32. The molecule has 1 aliphatic carbocycles. The Morgan fingerprint density at radius 3 is 2.42 bits per heavy atom. The molecule has 1 saturated carbocycles. The lowest BCUT2D eigenvalue weighted by molar-refractivity contribution is -0.131. The number of hydrogen-bond acceptors (Lipinski definition) is 3. The molecule has 4 nitrogen and oxygen atoms in total. The van der Waals surface area contributed by atoms with E-state index in [9.17, 15) is 9.59 Å². The van der Waals surface area contributed by atoms with Crippen molar-refractivity contribution in [1.29, 1.82) is 5.26 Å². The number of anilines is 1. The third kappa shape index (κ3) is 3.19. The second-order valence-electron chi connectivity index (χ2n) is 4.80. The Hall–Kier alpha value is -2.15. The van der Waals surface area contributed by atoms with E-state index < -0.39 is 11.8 Å². The summed E-state index contributed by atoms with van der Waals surface area (Å²) in [4.78, 5) is 24.1. The molecule has 0 spiro atoms. The number of nitrogens with one attached hydrogen (secondary N) is 1. The number of carbonyl (C=O) groups excluding carboxylic acids is 2. The molecule has 0 heterocycles. The molecule has 2 rings (SSSR count). The Morgan fingerprint density at radius 2 is 1.84 bits per heavy atom. The largest absolute Gasteiger partial charge is 0.325 e. The highest BCUT2D eigenvalue weighted by atomic mass is 16.2. The normalized spacial score (nSPS) is 16.6. The number of carbonyl (C=O) groups is 2. The van der Waals surface area contributed by atoms with E-state index in [1.165, 1.54) is 0 Å². The van der Waals surface area contributed by atoms with Crippen LogP contribution < -0.4 is 5.32 Å². The van der Waals surface area contributed by atoms with Crippen LogP contribution in [0, 0.1) is 23.2 Å². The lowest BCUT2D eigenvalue weighted by atomic mass is 9.92. The summed E-state index contributed by atoms with van der Waals surface area (Å²) in [5.74, 6) is -2.06. The number of ketones is 1. The fourth-order valence-electron chi connectivity index (χ4n) is 2.43. The predicted molar refractivity (Wildman–Crippen MR) is 71.1 cm³/mol. The van der Waals surface area contributed by atoms with Crippen LogP contribution in [0.2, 0.25) is 0 Å². The van der Waals surface area contributed by atoms with Gasteiger partial charge in [0, 0.05) is 11.6 Å².